The fourth-order valence-corrected chi connectivity index (χ4v) is 2.95. The van der Waals surface area contributed by atoms with Crippen molar-refractivity contribution in [2.24, 2.45) is 0 Å². The van der Waals surface area contributed by atoms with E-state index in [0.717, 1.165) is 5.56 Å². The van der Waals surface area contributed by atoms with Gasteiger partial charge in [-0.25, -0.2) is 9.59 Å². The molecular formula is C23H34N4O5. The van der Waals surface area contributed by atoms with Crippen molar-refractivity contribution in [1.29, 1.82) is 0 Å². The van der Waals surface area contributed by atoms with Crippen molar-refractivity contribution < 1.29 is 24.0 Å². The molecule has 32 heavy (non-hydrogen) atoms. The van der Waals surface area contributed by atoms with Gasteiger partial charge in [0.05, 0.1) is 12.1 Å². The number of nitrogens with one attached hydrogen (secondary N) is 4. The molecule has 0 aromatic heterocycles. The van der Waals surface area contributed by atoms with E-state index in [1.54, 1.807) is 0 Å². The smallest absolute Gasteiger partial charge is 0.319 e. The lowest BCUT2D eigenvalue weighted by Gasteiger charge is -2.20. The molecule has 0 saturated carbocycles. The number of ketones is 3. The van der Waals surface area contributed by atoms with Crippen molar-refractivity contribution in [3.63, 3.8) is 0 Å². The molecule has 0 aliphatic heterocycles. The lowest BCUT2D eigenvalue weighted by atomic mass is 10.1. The van der Waals surface area contributed by atoms with E-state index in [1.165, 1.54) is 20.8 Å². The SMILES string of the molecule is CC(=O)CCC(NC(=O)NC(CCCCNC(=O)Nc1ccc(C)cc1)C(C)=O)C(C)=O. The van der Waals surface area contributed by atoms with Crippen molar-refractivity contribution in [1.82, 2.24) is 16.0 Å². The summed E-state index contributed by atoms with van der Waals surface area (Å²) in [6.07, 6.45) is 2.05. The molecule has 4 amide bonds. The van der Waals surface area contributed by atoms with Crippen LogP contribution in [0.25, 0.3) is 0 Å². The Bertz CT molecular complexity index is 807. The molecule has 2 atom stereocenters. The number of Topliss-reactive ketones (excluding diaryl/α,β-unsaturated/α-hetero) is 3. The lowest BCUT2D eigenvalue weighted by Crippen LogP contribution is -2.50. The quantitative estimate of drug-likeness (QED) is 0.346. The molecule has 1 aromatic carbocycles. The average Bonchev–Trinajstić information content (AvgIpc) is 2.71. The molecule has 176 valence electrons. The number of hydrogen-bond donors (Lipinski definition) is 4. The second kappa shape index (κ2) is 14.0. The highest BCUT2D eigenvalue weighted by Gasteiger charge is 2.21. The summed E-state index contributed by atoms with van der Waals surface area (Å²) in [5, 5.41) is 10.6. The molecular weight excluding hydrogens is 412 g/mol. The predicted octanol–water partition coefficient (Wildman–Crippen LogP) is 2.87. The number of amides is 4. The molecule has 0 radical (unpaired) electrons. The average molecular weight is 447 g/mol. The minimum atomic E-state index is -0.775. The maximum absolute atomic E-state index is 12.2. The summed E-state index contributed by atoms with van der Waals surface area (Å²) in [6, 6.07) is 5.05. The zero-order chi connectivity index (χ0) is 24.1. The minimum Gasteiger partial charge on any atom is -0.338 e. The molecule has 9 nitrogen and oxygen atoms in total. The topological polar surface area (TPSA) is 133 Å². The highest BCUT2D eigenvalue weighted by atomic mass is 16.2. The van der Waals surface area contributed by atoms with Crippen LogP contribution < -0.4 is 21.3 Å². The Hall–Kier alpha value is -3.23. The van der Waals surface area contributed by atoms with Crippen LogP contribution in [0.15, 0.2) is 24.3 Å². The molecule has 0 heterocycles. The van der Waals surface area contributed by atoms with Gasteiger partial charge in [0.2, 0.25) is 0 Å². The third-order valence-corrected chi connectivity index (χ3v) is 4.89. The second-order valence-corrected chi connectivity index (χ2v) is 7.93. The highest BCUT2D eigenvalue weighted by molar-refractivity contribution is 5.90. The number of carbonyl (C=O) groups excluding carboxylic acids is 5. The maximum atomic E-state index is 12.2. The van der Waals surface area contributed by atoms with E-state index in [1.807, 2.05) is 31.2 Å². The monoisotopic (exact) mass is 446 g/mol. The molecule has 1 rings (SSSR count). The van der Waals surface area contributed by atoms with Gasteiger partial charge in [-0.05, 0) is 65.5 Å². The molecule has 2 unspecified atom stereocenters. The molecule has 4 N–H and O–H groups in total. The van der Waals surface area contributed by atoms with Crippen LogP contribution in [0.1, 0.15) is 58.4 Å². The van der Waals surface area contributed by atoms with E-state index >= 15 is 0 Å². The molecule has 0 fully saturated rings. The fraction of sp³-hybridized carbons (Fsp3) is 0.522. The molecule has 9 heteroatoms. The number of carbonyl (C=O) groups is 5. The summed E-state index contributed by atoms with van der Waals surface area (Å²) in [5.74, 6) is -0.523. The lowest BCUT2D eigenvalue weighted by molar-refractivity contribution is -0.120. The summed E-state index contributed by atoms with van der Waals surface area (Å²) in [7, 11) is 0. The van der Waals surface area contributed by atoms with Gasteiger partial charge >= 0.3 is 12.1 Å². The van der Waals surface area contributed by atoms with Gasteiger partial charge in [-0.3, -0.25) is 9.59 Å². The number of benzene rings is 1. The first-order valence-electron chi connectivity index (χ1n) is 10.8. The molecule has 0 aliphatic rings. The molecule has 0 saturated heterocycles. The Morgan fingerprint density at radius 3 is 1.88 bits per heavy atom. The summed E-state index contributed by atoms with van der Waals surface area (Å²) in [6.45, 7) is 6.54. The van der Waals surface area contributed by atoms with Gasteiger partial charge in [0, 0.05) is 18.7 Å². The van der Waals surface area contributed by atoms with Crippen molar-refractivity contribution in [2.45, 2.75) is 71.9 Å². The fourth-order valence-electron chi connectivity index (χ4n) is 2.95. The predicted molar refractivity (Wildman–Crippen MR) is 123 cm³/mol. The van der Waals surface area contributed by atoms with Crippen LogP contribution in [0, 0.1) is 6.92 Å². The Balaban J connectivity index is 2.36. The summed E-state index contributed by atoms with van der Waals surface area (Å²) in [4.78, 5) is 58.8. The minimum absolute atomic E-state index is 0.0683. The van der Waals surface area contributed by atoms with Gasteiger partial charge in [-0.2, -0.15) is 0 Å². The van der Waals surface area contributed by atoms with Gasteiger partial charge < -0.3 is 26.1 Å². The third kappa shape index (κ3) is 11.2. The third-order valence-electron chi connectivity index (χ3n) is 4.89. The standard InChI is InChI=1S/C23H34N4O5/c1-15-8-11-19(12-9-15)25-22(31)24-14-6-5-7-20(17(3)29)26-23(32)27-21(18(4)30)13-10-16(2)28/h8-9,11-12,20-21H,5-7,10,13-14H2,1-4H3,(H2,24,25,31)(H2,26,27,32). The van der Waals surface area contributed by atoms with Gasteiger partial charge in [0.1, 0.15) is 5.78 Å². The normalized spacial score (nSPS) is 12.2. The van der Waals surface area contributed by atoms with Crippen LogP contribution in [0.4, 0.5) is 15.3 Å². The Kier molecular flexibility index (Phi) is 11.7. The van der Waals surface area contributed by atoms with E-state index in [4.69, 9.17) is 0 Å². The highest BCUT2D eigenvalue weighted by Crippen LogP contribution is 2.08. The van der Waals surface area contributed by atoms with Crippen LogP contribution in [0.5, 0.6) is 0 Å². The van der Waals surface area contributed by atoms with E-state index in [0.29, 0.717) is 31.5 Å². The van der Waals surface area contributed by atoms with Crippen molar-refractivity contribution >= 4 is 35.1 Å². The summed E-state index contributed by atoms with van der Waals surface area (Å²) >= 11 is 0. The number of rotatable bonds is 13. The van der Waals surface area contributed by atoms with Gasteiger partial charge in [0.15, 0.2) is 11.6 Å². The second-order valence-electron chi connectivity index (χ2n) is 7.93. The van der Waals surface area contributed by atoms with Gasteiger partial charge in [0.25, 0.3) is 0 Å². The first-order valence-corrected chi connectivity index (χ1v) is 10.8. The van der Waals surface area contributed by atoms with Crippen LogP contribution in [0.2, 0.25) is 0 Å². The van der Waals surface area contributed by atoms with E-state index < -0.39 is 18.1 Å². The molecule has 0 aliphatic carbocycles. The van der Waals surface area contributed by atoms with Crippen molar-refractivity contribution in [2.75, 3.05) is 11.9 Å². The largest absolute Gasteiger partial charge is 0.338 e. The van der Waals surface area contributed by atoms with E-state index in [9.17, 15) is 24.0 Å². The molecule has 0 spiro atoms. The van der Waals surface area contributed by atoms with E-state index in [-0.39, 0.29) is 36.2 Å². The Morgan fingerprint density at radius 2 is 1.34 bits per heavy atom. The van der Waals surface area contributed by atoms with E-state index in [2.05, 4.69) is 21.3 Å². The summed E-state index contributed by atoms with van der Waals surface area (Å²) < 4.78 is 0. The first-order chi connectivity index (χ1) is 15.1. The van der Waals surface area contributed by atoms with Crippen LogP contribution >= 0.6 is 0 Å². The van der Waals surface area contributed by atoms with Crippen molar-refractivity contribution in [3.05, 3.63) is 29.8 Å². The maximum Gasteiger partial charge on any atom is 0.319 e. The zero-order valence-electron chi connectivity index (χ0n) is 19.2. The van der Waals surface area contributed by atoms with Crippen LogP contribution in [-0.2, 0) is 14.4 Å². The number of anilines is 1. The number of unbranched alkanes of at least 4 members (excludes halogenated alkanes) is 1. The summed E-state index contributed by atoms with van der Waals surface area (Å²) in [5.41, 5.74) is 1.80. The number of aryl methyl sites for hydroxylation is 1. The van der Waals surface area contributed by atoms with Gasteiger partial charge in [-0.15, -0.1) is 0 Å². The zero-order valence-corrected chi connectivity index (χ0v) is 19.2. The van der Waals surface area contributed by atoms with Gasteiger partial charge in [-0.1, -0.05) is 17.7 Å². The molecule has 1 aromatic rings. The first kappa shape index (κ1) is 26.8. The van der Waals surface area contributed by atoms with Crippen LogP contribution in [0.3, 0.4) is 0 Å². The number of hydrogen-bond acceptors (Lipinski definition) is 5. The van der Waals surface area contributed by atoms with Crippen molar-refractivity contribution in [3.8, 4) is 0 Å². The Morgan fingerprint density at radius 1 is 0.781 bits per heavy atom. The Labute approximate surface area is 189 Å². The molecule has 0 bridgehead atoms. The van der Waals surface area contributed by atoms with Crippen LogP contribution in [-0.4, -0.2) is 48.0 Å². The number of urea groups is 2.